The van der Waals surface area contributed by atoms with Crippen LogP contribution in [0.5, 0.6) is 0 Å². The number of hydrogen-bond acceptors (Lipinski definition) is 4. The minimum absolute atomic E-state index is 0.0231. The van der Waals surface area contributed by atoms with Gasteiger partial charge in [0.15, 0.2) is 5.16 Å². The molecule has 2 aromatic rings. The third kappa shape index (κ3) is 3.25. The molecule has 3 rings (SSSR count). The fourth-order valence-electron chi connectivity index (χ4n) is 2.63. The highest BCUT2D eigenvalue weighted by Gasteiger charge is 2.26. The highest BCUT2D eigenvalue weighted by molar-refractivity contribution is 7.98. The van der Waals surface area contributed by atoms with Crippen molar-refractivity contribution in [2.45, 2.75) is 18.2 Å². The Hall–Kier alpha value is -1.86. The van der Waals surface area contributed by atoms with Crippen molar-refractivity contribution >= 4 is 17.7 Å². The molecule has 0 bridgehead atoms. The van der Waals surface area contributed by atoms with Gasteiger partial charge in [0, 0.05) is 18.8 Å². The molecule has 1 fully saturated rings. The summed E-state index contributed by atoms with van der Waals surface area (Å²) >= 11 is 1.44. The number of thioether (sulfide) groups is 1. The van der Waals surface area contributed by atoms with Crippen LogP contribution in [-0.4, -0.2) is 52.4 Å². The Kier molecular flexibility index (Phi) is 4.68. The average molecular weight is 335 g/mol. The number of rotatable bonds is 3. The summed E-state index contributed by atoms with van der Waals surface area (Å²) < 4.78 is 20.4. The van der Waals surface area contributed by atoms with E-state index in [1.54, 1.807) is 27.8 Å². The third-order valence-corrected chi connectivity index (χ3v) is 4.40. The molecule has 1 atom stereocenters. The van der Waals surface area contributed by atoms with E-state index in [-0.39, 0.29) is 17.8 Å². The summed E-state index contributed by atoms with van der Waals surface area (Å²) in [6.45, 7) is 3.60. The van der Waals surface area contributed by atoms with E-state index in [0.29, 0.717) is 30.5 Å². The first-order valence-corrected chi connectivity index (χ1v) is 8.61. The molecule has 2 heterocycles. The van der Waals surface area contributed by atoms with Crippen LogP contribution in [-0.2, 0) is 4.74 Å². The summed E-state index contributed by atoms with van der Waals surface area (Å²) in [6.07, 6.45) is 3.50. The van der Waals surface area contributed by atoms with Crippen molar-refractivity contribution in [3.05, 3.63) is 42.0 Å². The van der Waals surface area contributed by atoms with E-state index in [1.165, 1.54) is 23.9 Å². The van der Waals surface area contributed by atoms with Crippen molar-refractivity contribution in [2.75, 3.05) is 26.0 Å². The van der Waals surface area contributed by atoms with Crippen molar-refractivity contribution in [3.8, 4) is 5.69 Å². The van der Waals surface area contributed by atoms with Gasteiger partial charge in [-0.25, -0.2) is 9.37 Å². The van der Waals surface area contributed by atoms with Gasteiger partial charge in [-0.05, 0) is 37.4 Å². The van der Waals surface area contributed by atoms with Crippen molar-refractivity contribution < 1.29 is 13.9 Å². The number of imidazole rings is 1. The first kappa shape index (κ1) is 16.0. The summed E-state index contributed by atoms with van der Waals surface area (Å²) in [5, 5.41) is 0.696. The van der Waals surface area contributed by atoms with Gasteiger partial charge in [-0.1, -0.05) is 11.8 Å². The molecule has 0 aliphatic carbocycles. The lowest BCUT2D eigenvalue weighted by Gasteiger charge is -2.31. The molecular formula is C16H18FN3O2S. The first-order chi connectivity index (χ1) is 11.1. The van der Waals surface area contributed by atoms with Gasteiger partial charge in [-0.3, -0.25) is 9.36 Å². The van der Waals surface area contributed by atoms with Crippen LogP contribution < -0.4 is 0 Å². The molecule has 0 saturated carbocycles. The molecule has 1 aromatic carbocycles. The number of carbonyl (C=O) groups is 1. The smallest absolute Gasteiger partial charge is 0.272 e. The number of carbonyl (C=O) groups excluding carboxylic acids is 1. The van der Waals surface area contributed by atoms with Gasteiger partial charge in [-0.15, -0.1) is 0 Å². The van der Waals surface area contributed by atoms with Gasteiger partial charge in [0.05, 0.1) is 18.9 Å². The molecule has 0 N–H and O–H groups in total. The van der Waals surface area contributed by atoms with E-state index in [9.17, 15) is 9.18 Å². The van der Waals surface area contributed by atoms with E-state index in [4.69, 9.17) is 4.74 Å². The van der Waals surface area contributed by atoms with Crippen LogP contribution in [0, 0.1) is 5.82 Å². The molecule has 0 unspecified atom stereocenters. The summed E-state index contributed by atoms with van der Waals surface area (Å²) in [7, 11) is 0. The molecule has 0 radical (unpaired) electrons. The maximum Gasteiger partial charge on any atom is 0.272 e. The Morgan fingerprint density at radius 3 is 2.78 bits per heavy atom. The summed E-state index contributed by atoms with van der Waals surface area (Å²) in [4.78, 5) is 19.0. The third-order valence-electron chi connectivity index (χ3n) is 3.74. The number of benzene rings is 1. The van der Waals surface area contributed by atoms with Crippen molar-refractivity contribution in [2.24, 2.45) is 0 Å². The molecule has 23 heavy (non-hydrogen) atoms. The minimum Gasteiger partial charge on any atom is -0.375 e. The maximum atomic E-state index is 13.2. The number of amides is 1. The zero-order chi connectivity index (χ0) is 16.4. The van der Waals surface area contributed by atoms with Crippen molar-refractivity contribution in [1.82, 2.24) is 14.5 Å². The van der Waals surface area contributed by atoms with Crippen LogP contribution in [0.1, 0.15) is 17.4 Å². The molecule has 7 heteroatoms. The Morgan fingerprint density at radius 1 is 1.39 bits per heavy atom. The second-order valence-corrected chi connectivity index (χ2v) is 6.15. The fourth-order valence-corrected chi connectivity index (χ4v) is 3.18. The second-order valence-electron chi connectivity index (χ2n) is 5.37. The highest BCUT2D eigenvalue weighted by Crippen LogP contribution is 2.23. The van der Waals surface area contributed by atoms with E-state index in [2.05, 4.69) is 4.98 Å². The van der Waals surface area contributed by atoms with Crippen molar-refractivity contribution in [3.63, 3.8) is 0 Å². The van der Waals surface area contributed by atoms with Crippen LogP contribution in [0.15, 0.2) is 35.6 Å². The lowest BCUT2D eigenvalue weighted by atomic mass is 10.2. The molecule has 1 aliphatic rings. The van der Waals surface area contributed by atoms with Crippen LogP contribution in [0.4, 0.5) is 4.39 Å². The SMILES string of the molecule is CSc1ncc(C(=O)N2CCO[C@H](C)C2)n1-c1ccc(F)cc1. The lowest BCUT2D eigenvalue weighted by molar-refractivity contribution is -0.0127. The average Bonchev–Trinajstić information content (AvgIpc) is 2.99. The summed E-state index contributed by atoms with van der Waals surface area (Å²) in [6, 6.07) is 6.06. The zero-order valence-corrected chi connectivity index (χ0v) is 13.8. The predicted octanol–water partition coefficient (Wildman–Crippen LogP) is 2.59. The Morgan fingerprint density at radius 2 is 2.13 bits per heavy atom. The topological polar surface area (TPSA) is 47.4 Å². The quantitative estimate of drug-likeness (QED) is 0.809. The Labute approximate surface area is 138 Å². The van der Waals surface area contributed by atoms with E-state index in [0.717, 1.165) is 5.69 Å². The minimum atomic E-state index is -0.311. The monoisotopic (exact) mass is 335 g/mol. The second kappa shape index (κ2) is 6.72. The number of ether oxygens (including phenoxy) is 1. The number of halogens is 1. The zero-order valence-electron chi connectivity index (χ0n) is 13.0. The molecule has 1 aromatic heterocycles. The van der Waals surface area contributed by atoms with Crippen LogP contribution in [0.2, 0.25) is 0 Å². The molecule has 122 valence electrons. The number of hydrogen-bond donors (Lipinski definition) is 0. The lowest BCUT2D eigenvalue weighted by Crippen LogP contribution is -2.45. The number of nitrogens with zero attached hydrogens (tertiary/aromatic N) is 3. The summed E-state index contributed by atoms with van der Waals surface area (Å²) in [5.41, 5.74) is 1.20. The predicted molar refractivity (Wildman–Crippen MR) is 86.6 cm³/mol. The van der Waals surface area contributed by atoms with Crippen molar-refractivity contribution in [1.29, 1.82) is 0 Å². The Balaban J connectivity index is 1.98. The fraction of sp³-hybridized carbons (Fsp3) is 0.375. The summed E-state index contributed by atoms with van der Waals surface area (Å²) in [5.74, 6) is -0.397. The van der Waals surface area contributed by atoms with Gasteiger partial charge in [-0.2, -0.15) is 0 Å². The molecule has 0 spiro atoms. The molecular weight excluding hydrogens is 317 g/mol. The van der Waals surface area contributed by atoms with E-state index < -0.39 is 0 Å². The van der Waals surface area contributed by atoms with Gasteiger partial charge in [0.25, 0.3) is 5.91 Å². The van der Waals surface area contributed by atoms with Gasteiger partial charge in [0.2, 0.25) is 0 Å². The van der Waals surface area contributed by atoms with E-state index in [1.807, 2.05) is 13.2 Å². The van der Waals surface area contributed by atoms with Gasteiger partial charge >= 0.3 is 0 Å². The van der Waals surface area contributed by atoms with Gasteiger partial charge in [0.1, 0.15) is 11.5 Å². The number of aromatic nitrogens is 2. The maximum absolute atomic E-state index is 13.2. The molecule has 1 amide bonds. The normalized spacial score (nSPS) is 18.2. The van der Waals surface area contributed by atoms with Crippen LogP contribution in [0.25, 0.3) is 5.69 Å². The molecule has 1 aliphatic heterocycles. The molecule has 1 saturated heterocycles. The highest BCUT2D eigenvalue weighted by atomic mass is 32.2. The number of morpholine rings is 1. The standard InChI is InChI=1S/C16H18FN3O2S/c1-11-10-19(7-8-22-11)15(21)14-9-18-16(23-2)20(14)13-5-3-12(17)4-6-13/h3-6,9,11H,7-8,10H2,1-2H3/t11-/m1/s1. The van der Waals surface area contributed by atoms with Crippen LogP contribution in [0.3, 0.4) is 0 Å². The molecule has 5 nitrogen and oxygen atoms in total. The largest absolute Gasteiger partial charge is 0.375 e. The first-order valence-electron chi connectivity index (χ1n) is 7.38. The van der Waals surface area contributed by atoms with Crippen LogP contribution >= 0.6 is 11.8 Å². The van der Waals surface area contributed by atoms with Gasteiger partial charge < -0.3 is 9.64 Å². The Bertz CT molecular complexity index is 702. The van der Waals surface area contributed by atoms with E-state index >= 15 is 0 Å².